The first-order chi connectivity index (χ1) is 8.87. The molecule has 2 aliphatic rings. The summed E-state index contributed by atoms with van der Waals surface area (Å²) in [4.78, 5) is 35.0. The molecule has 19 heavy (non-hydrogen) atoms. The minimum Gasteiger partial charge on any atom is -0.465 e. The SMILES string of the molecule is CCOC(=O)C(C)(C)C1=CC=C2NC(=O)C(=O)C2C1. The number of ketones is 1. The predicted octanol–water partition coefficient (Wildman–Crippen LogP) is 1.10. The quantitative estimate of drug-likeness (QED) is 0.611. The van der Waals surface area contributed by atoms with E-state index in [0.29, 0.717) is 18.7 Å². The zero-order valence-electron chi connectivity index (χ0n) is 11.3. The van der Waals surface area contributed by atoms with E-state index in [1.54, 1.807) is 32.9 Å². The molecule has 1 amide bonds. The van der Waals surface area contributed by atoms with E-state index < -0.39 is 23.0 Å². The van der Waals surface area contributed by atoms with Crippen molar-refractivity contribution in [3.8, 4) is 0 Å². The number of allylic oxidation sites excluding steroid dienone is 3. The largest absolute Gasteiger partial charge is 0.465 e. The van der Waals surface area contributed by atoms with Crippen LogP contribution in [0.25, 0.3) is 0 Å². The highest BCUT2D eigenvalue weighted by Crippen LogP contribution is 2.38. The van der Waals surface area contributed by atoms with Gasteiger partial charge in [0.1, 0.15) is 0 Å². The second kappa shape index (κ2) is 4.64. The summed E-state index contributed by atoms with van der Waals surface area (Å²) in [6, 6.07) is 0. The molecule has 1 N–H and O–H groups in total. The fraction of sp³-hybridized carbons (Fsp3) is 0.500. The smallest absolute Gasteiger partial charge is 0.315 e. The predicted molar refractivity (Wildman–Crippen MR) is 67.8 cm³/mol. The summed E-state index contributed by atoms with van der Waals surface area (Å²) >= 11 is 0. The first-order valence-electron chi connectivity index (χ1n) is 6.31. The van der Waals surface area contributed by atoms with Crippen molar-refractivity contribution >= 4 is 17.7 Å². The van der Waals surface area contributed by atoms with Gasteiger partial charge in [0.25, 0.3) is 5.91 Å². The molecule has 2 rings (SSSR count). The molecule has 0 bridgehead atoms. The van der Waals surface area contributed by atoms with E-state index >= 15 is 0 Å². The Balaban J connectivity index is 2.23. The number of carbonyl (C=O) groups is 3. The number of fused-ring (bicyclic) bond motifs is 1. The van der Waals surface area contributed by atoms with Crippen LogP contribution >= 0.6 is 0 Å². The molecule has 5 nitrogen and oxygen atoms in total. The van der Waals surface area contributed by atoms with Crippen LogP contribution in [0.2, 0.25) is 0 Å². The Labute approximate surface area is 111 Å². The van der Waals surface area contributed by atoms with Crippen molar-refractivity contribution in [2.75, 3.05) is 6.61 Å². The highest BCUT2D eigenvalue weighted by atomic mass is 16.5. The lowest BCUT2D eigenvalue weighted by molar-refractivity contribution is -0.151. The van der Waals surface area contributed by atoms with Gasteiger partial charge < -0.3 is 10.1 Å². The molecule has 0 aromatic rings. The van der Waals surface area contributed by atoms with Crippen LogP contribution in [0, 0.1) is 11.3 Å². The third kappa shape index (κ3) is 2.20. The molecule has 1 saturated heterocycles. The zero-order chi connectivity index (χ0) is 14.2. The van der Waals surface area contributed by atoms with Crippen LogP contribution in [0.1, 0.15) is 27.2 Å². The number of nitrogens with one attached hydrogen (secondary N) is 1. The maximum atomic E-state index is 12.0. The number of Topliss-reactive ketones (excluding diaryl/α,β-unsaturated/α-hetero) is 1. The van der Waals surface area contributed by atoms with Gasteiger partial charge >= 0.3 is 5.97 Å². The van der Waals surface area contributed by atoms with Crippen molar-refractivity contribution in [2.45, 2.75) is 27.2 Å². The molecule has 1 unspecified atom stereocenters. The van der Waals surface area contributed by atoms with E-state index in [0.717, 1.165) is 5.57 Å². The van der Waals surface area contributed by atoms with Gasteiger partial charge in [-0.25, -0.2) is 0 Å². The Bertz CT molecular complexity index is 514. The second-order valence-electron chi connectivity index (χ2n) is 5.23. The van der Waals surface area contributed by atoms with Crippen LogP contribution in [0.4, 0.5) is 0 Å². The van der Waals surface area contributed by atoms with E-state index in [1.165, 1.54) is 0 Å². The van der Waals surface area contributed by atoms with Crippen molar-refractivity contribution in [1.29, 1.82) is 0 Å². The molecule has 0 aromatic heterocycles. The maximum Gasteiger partial charge on any atom is 0.315 e. The molecule has 0 aromatic carbocycles. The number of ether oxygens (including phenoxy) is 1. The zero-order valence-corrected chi connectivity index (χ0v) is 11.3. The van der Waals surface area contributed by atoms with E-state index in [9.17, 15) is 14.4 Å². The Morgan fingerprint density at radius 2 is 2.11 bits per heavy atom. The molecule has 5 heteroatoms. The average Bonchev–Trinajstić information content (AvgIpc) is 2.65. The van der Waals surface area contributed by atoms with Gasteiger partial charge in [0, 0.05) is 5.70 Å². The lowest BCUT2D eigenvalue weighted by atomic mass is 9.76. The molecule has 1 atom stereocenters. The molecule has 102 valence electrons. The topological polar surface area (TPSA) is 72.5 Å². The molecule has 1 aliphatic carbocycles. The number of rotatable bonds is 3. The van der Waals surface area contributed by atoms with Gasteiger partial charge in [-0.2, -0.15) is 0 Å². The monoisotopic (exact) mass is 263 g/mol. The Morgan fingerprint density at radius 3 is 2.74 bits per heavy atom. The standard InChI is InChI=1S/C14H17NO4/c1-4-19-13(18)14(2,3)8-5-6-10-9(7-8)11(16)12(17)15-10/h5-6,9H,4,7H2,1-3H3,(H,15,17). The van der Waals surface area contributed by atoms with Crippen LogP contribution in [0.3, 0.4) is 0 Å². The summed E-state index contributed by atoms with van der Waals surface area (Å²) in [5, 5.41) is 2.54. The van der Waals surface area contributed by atoms with Gasteiger partial charge in [0.2, 0.25) is 5.78 Å². The normalized spacial score (nSPS) is 22.4. The van der Waals surface area contributed by atoms with Gasteiger partial charge in [0.15, 0.2) is 0 Å². The summed E-state index contributed by atoms with van der Waals surface area (Å²) in [6.07, 6.45) is 3.88. The lowest BCUT2D eigenvalue weighted by Gasteiger charge is -2.29. The highest BCUT2D eigenvalue weighted by molar-refractivity contribution is 6.40. The molecular weight excluding hydrogens is 246 g/mol. The molecule has 1 fully saturated rings. The van der Waals surface area contributed by atoms with Crippen molar-refractivity contribution < 1.29 is 19.1 Å². The minimum absolute atomic E-state index is 0.317. The van der Waals surface area contributed by atoms with Gasteiger partial charge in [-0.3, -0.25) is 14.4 Å². The van der Waals surface area contributed by atoms with Crippen LogP contribution in [0.15, 0.2) is 23.4 Å². The molecule has 0 radical (unpaired) electrons. The maximum absolute atomic E-state index is 12.0. The minimum atomic E-state index is -0.788. The third-order valence-corrected chi connectivity index (χ3v) is 3.65. The van der Waals surface area contributed by atoms with E-state index in [1.807, 2.05) is 0 Å². The molecule has 0 saturated carbocycles. The number of carbonyl (C=O) groups excluding carboxylic acids is 3. The van der Waals surface area contributed by atoms with Crippen molar-refractivity contribution in [2.24, 2.45) is 11.3 Å². The van der Waals surface area contributed by atoms with Gasteiger partial charge in [0.05, 0.1) is 17.9 Å². The summed E-state index contributed by atoms with van der Waals surface area (Å²) < 4.78 is 5.05. The Morgan fingerprint density at radius 1 is 1.42 bits per heavy atom. The van der Waals surface area contributed by atoms with Gasteiger partial charge in [-0.05, 0) is 33.3 Å². The van der Waals surface area contributed by atoms with Crippen LogP contribution in [-0.2, 0) is 19.1 Å². The third-order valence-electron chi connectivity index (χ3n) is 3.65. The number of esters is 1. The molecular formula is C14H17NO4. The first kappa shape index (κ1) is 13.5. The fourth-order valence-electron chi connectivity index (χ4n) is 2.32. The van der Waals surface area contributed by atoms with Gasteiger partial charge in [-0.1, -0.05) is 11.6 Å². The van der Waals surface area contributed by atoms with Crippen LogP contribution in [0.5, 0.6) is 0 Å². The fourth-order valence-corrected chi connectivity index (χ4v) is 2.32. The molecule has 1 heterocycles. The first-order valence-corrected chi connectivity index (χ1v) is 6.31. The average molecular weight is 263 g/mol. The molecule has 0 spiro atoms. The van der Waals surface area contributed by atoms with Crippen LogP contribution < -0.4 is 5.32 Å². The number of hydrogen-bond acceptors (Lipinski definition) is 4. The Hall–Kier alpha value is -1.91. The Kier molecular flexibility index (Phi) is 3.30. The summed E-state index contributed by atoms with van der Waals surface area (Å²) in [7, 11) is 0. The van der Waals surface area contributed by atoms with Crippen LogP contribution in [-0.4, -0.2) is 24.3 Å². The summed E-state index contributed by atoms with van der Waals surface area (Å²) in [5.74, 6) is -1.79. The lowest BCUT2D eigenvalue weighted by Crippen LogP contribution is -2.31. The van der Waals surface area contributed by atoms with Crippen molar-refractivity contribution in [3.05, 3.63) is 23.4 Å². The summed E-state index contributed by atoms with van der Waals surface area (Å²) in [5.41, 5.74) is 0.646. The number of amides is 1. The number of hydrogen-bond donors (Lipinski definition) is 1. The van der Waals surface area contributed by atoms with Gasteiger partial charge in [-0.15, -0.1) is 0 Å². The van der Waals surface area contributed by atoms with Crippen molar-refractivity contribution in [1.82, 2.24) is 5.32 Å². The highest BCUT2D eigenvalue weighted by Gasteiger charge is 2.43. The van der Waals surface area contributed by atoms with E-state index in [2.05, 4.69) is 5.32 Å². The summed E-state index contributed by atoms with van der Waals surface area (Å²) in [6.45, 7) is 5.61. The van der Waals surface area contributed by atoms with E-state index in [4.69, 9.17) is 4.74 Å². The van der Waals surface area contributed by atoms with E-state index in [-0.39, 0.29) is 5.97 Å². The second-order valence-corrected chi connectivity index (χ2v) is 5.23. The van der Waals surface area contributed by atoms with Crippen molar-refractivity contribution in [3.63, 3.8) is 0 Å². The molecule has 1 aliphatic heterocycles.